The van der Waals surface area contributed by atoms with E-state index in [4.69, 9.17) is 5.26 Å². The fourth-order valence-corrected chi connectivity index (χ4v) is 2.65. The van der Waals surface area contributed by atoms with E-state index in [2.05, 4.69) is 15.3 Å². The highest BCUT2D eigenvalue weighted by Crippen LogP contribution is 2.30. The summed E-state index contributed by atoms with van der Waals surface area (Å²) in [4.78, 5) is 19.2. The molecule has 0 unspecified atom stereocenters. The first-order valence-corrected chi connectivity index (χ1v) is 7.51. The fraction of sp³-hybridized carbons (Fsp3) is 0.214. The van der Waals surface area contributed by atoms with Crippen molar-refractivity contribution in [1.29, 1.82) is 5.26 Å². The lowest BCUT2D eigenvalue weighted by atomic mass is 10.2. The maximum atomic E-state index is 11.0. The number of hydrogen-bond donors (Lipinski definition) is 1. The summed E-state index contributed by atoms with van der Waals surface area (Å²) >= 11 is 1.40. The van der Waals surface area contributed by atoms with Crippen LogP contribution in [0.25, 0.3) is 0 Å². The highest BCUT2D eigenvalue weighted by molar-refractivity contribution is 7.99. The predicted molar refractivity (Wildman–Crippen MR) is 83.7 cm³/mol. The van der Waals surface area contributed by atoms with Crippen molar-refractivity contribution in [2.45, 2.75) is 11.3 Å². The maximum absolute atomic E-state index is 11.0. The summed E-state index contributed by atoms with van der Waals surface area (Å²) in [6, 6.07) is 8.16. The van der Waals surface area contributed by atoms with Gasteiger partial charge in [-0.25, -0.2) is 9.97 Å². The van der Waals surface area contributed by atoms with Crippen molar-refractivity contribution in [3.05, 3.63) is 52.3 Å². The van der Waals surface area contributed by atoms with Gasteiger partial charge in [-0.05, 0) is 30.4 Å². The smallest absolute Gasteiger partial charge is 0.284 e. The number of thioether (sulfide) groups is 1. The van der Waals surface area contributed by atoms with Crippen molar-refractivity contribution in [3.63, 3.8) is 0 Å². The third-order valence-electron chi connectivity index (χ3n) is 2.71. The van der Waals surface area contributed by atoms with Crippen LogP contribution in [-0.2, 0) is 0 Å². The molecule has 1 aromatic carbocycles. The molecule has 0 aliphatic carbocycles. The lowest BCUT2D eigenvalue weighted by Gasteiger charge is -2.05. The molecule has 0 saturated heterocycles. The first-order valence-electron chi connectivity index (χ1n) is 6.53. The lowest BCUT2D eigenvalue weighted by Crippen LogP contribution is -2.05. The van der Waals surface area contributed by atoms with E-state index < -0.39 is 4.92 Å². The van der Waals surface area contributed by atoms with E-state index >= 15 is 0 Å². The van der Waals surface area contributed by atoms with Crippen LogP contribution in [0.1, 0.15) is 12.0 Å². The number of benzene rings is 1. The van der Waals surface area contributed by atoms with Crippen molar-refractivity contribution in [1.82, 2.24) is 9.97 Å². The van der Waals surface area contributed by atoms with Gasteiger partial charge in [0.25, 0.3) is 5.69 Å². The van der Waals surface area contributed by atoms with Gasteiger partial charge in [-0.2, -0.15) is 5.26 Å². The number of anilines is 1. The second-order valence-electron chi connectivity index (χ2n) is 4.25. The molecule has 0 aliphatic rings. The molecule has 8 heteroatoms. The van der Waals surface area contributed by atoms with Crippen LogP contribution in [0, 0.1) is 21.4 Å². The molecule has 0 amide bonds. The summed E-state index contributed by atoms with van der Waals surface area (Å²) in [5.41, 5.74) is 0.266. The van der Waals surface area contributed by atoms with Gasteiger partial charge in [0, 0.05) is 25.0 Å². The maximum Gasteiger partial charge on any atom is 0.284 e. The molecule has 0 atom stereocenters. The summed E-state index contributed by atoms with van der Waals surface area (Å²) < 4.78 is 0. The Balaban J connectivity index is 1.84. The molecule has 0 saturated carbocycles. The molecular weight excluding hydrogens is 302 g/mol. The van der Waals surface area contributed by atoms with Crippen molar-refractivity contribution in [3.8, 4) is 6.07 Å². The van der Waals surface area contributed by atoms with Crippen LogP contribution >= 0.6 is 11.8 Å². The number of nitro groups is 1. The van der Waals surface area contributed by atoms with Crippen LogP contribution in [0.2, 0.25) is 0 Å². The van der Waals surface area contributed by atoms with E-state index in [0.717, 1.165) is 6.42 Å². The van der Waals surface area contributed by atoms with E-state index in [1.54, 1.807) is 30.6 Å². The lowest BCUT2D eigenvalue weighted by molar-refractivity contribution is -0.387. The number of nitrogens with zero attached hydrogens (tertiary/aromatic N) is 4. The molecule has 0 fully saturated rings. The monoisotopic (exact) mass is 315 g/mol. The number of rotatable bonds is 7. The van der Waals surface area contributed by atoms with Crippen LogP contribution in [-0.4, -0.2) is 27.2 Å². The average molecular weight is 315 g/mol. The Morgan fingerprint density at radius 1 is 1.36 bits per heavy atom. The molecule has 0 aliphatic heterocycles. The van der Waals surface area contributed by atoms with Crippen molar-refractivity contribution >= 4 is 23.4 Å². The van der Waals surface area contributed by atoms with Gasteiger partial charge in [0.05, 0.1) is 21.5 Å². The van der Waals surface area contributed by atoms with E-state index in [-0.39, 0.29) is 5.69 Å². The zero-order valence-corrected chi connectivity index (χ0v) is 12.4. The minimum absolute atomic E-state index is 0.0246. The molecular formula is C14H13N5O2S. The Kier molecular flexibility index (Phi) is 5.68. The SMILES string of the molecule is N#Cc1ccc(SCCCNc2ncccn2)c([N+](=O)[O-])c1. The Morgan fingerprint density at radius 2 is 2.14 bits per heavy atom. The Bertz CT molecular complexity index is 687. The number of nitriles is 1. The predicted octanol–water partition coefficient (Wildman–Crippen LogP) is 2.85. The molecule has 2 aromatic rings. The van der Waals surface area contributed by atoms with E-state index in [9.17, 15) is 10.1 Å². The van der Waals surface area contributed by atoms with Crippen LogP contribution in [0.5, 0.6) is 0 Å². The van der Waals surface area contributed by atoms with Crippen LogP contribution in [0.4, 0.5) is 11.6 Å². The van der Waals surface area contributed by atoms with Gasteiger partial charge in [-0.1, -0.05) is 0 Å². The first-order chi connectivity index (χ1) is 10.7. The molecule has 0 bridgehead atoms. The molecule has 2 rings (SSSR count). The summed E-state index contributed by atoms with van der Waals surface area (Å²) in [6.45, 7) is 0.682. The molecule has 22 heavy (non-hydrogen) atoms. The average Bonchev–Trinajstić information content (AvgIpc) is 2.55. The second kappa shape index (κ2) is 7.95. The second-order valence-corrected chi connectivity index (χ2v) is 5.39. The Labute approximate surface area is 131 Å². The molecule has 0 radical (unpaired) electrons. The normalized spacial score (nSPS) is 9.95. The number of hydrogen-bond acceptors (Lipinski definition) is 7. The standard InChI is InChI=1S/C14H13N5O2S/c15-10-11-3-4-13(12(9-11)19(20)21)22-8-2-7-18-14-16-5-1-6-17-14/h1,3-6,9H,2,7-8H2,(H,16,17,18). The fourth-order valence-electron chi connectivity index (χ4n) is 1.70. The highest BCUT2D eigenvalue weighted by atomic mass is 32.2. The Morgan fingerprint density at radius 3 is 2.82 bits per heavy atom. The van der Waals surface area contributed by atoms with Crippen molar-refractivity contribution < 1.29 is 4.92 Å². The van der Waals surface area contributed by atoms with E-state index in [1.165, 1.54) is 17.8 Å². The van der Waals surface area contributed by atoms with Gasteiger partial charge in [-0.15, -0.1) is 11.8 Å². The van der Waals surface area contributed by atoms with Crippen molar-refractivity contribution in [2.75, 3.05) is 17.6 Å². The largest absolute Gasteiger partial charge is 0.354 e. The third-order valence-corrected chi connectivity index (χ3v) is 3.86. The summed E-state index contributed by atoms with van der Waals surface area (Å²) in [5, 5.41) is 22.9. The number of aromatic nitrogens is 2. The highest BCUT2D eigenvalue weighted by Gasteiger charge is 2.14. The molecule has 1 N–H and O–H groups in total. The van der Waals surface area contributed by atoms with E-state index in [0.29, 0.717) is 28.7 Å². The van der Waals surface area contributed by atoms with Gasteiger partial charge in [0.1, 0.15) is 0 Å². The molecule has 1 aromatic heterocycles. The third kappa shape index (κ3) is 4.43. The minimum atomic E-state index is -0.459. The molecule has 1 heterocycles. The van der Waals surface area contributed by atoms with Crippen LogP contribution in [0.15, 0.2) is 41.6 Å². The zero-order valence-electron chi connectivity index (χ0n) is 11.6. The summed E-state index contributed by atoms with van der Waals surface area (Å²) in [7, 11) is 0. The van der Waals surface area contributed by atoms with Gasteiger partial charge in [0.2, 0.25) is 5.95 Å². The van der Waals surface area contributed by atoms with Gasteiger partial charge in [-0.3, -0.25) is 10.1 Å². The quantitative estimate of drug-likeness (QED) is 0.362. The van der Waals surface area contributed by atoms with Crippen molar-refractivity contribution in [2.24, 2.45) is 0 Å². The zero-order chi connectivity index (χ0) is 15.8. The van der Waals surface area contributed by atoms with Gasteiger partial charge in [0.15, 0.2) is 0 Å². The molecule has 7 nitrogen and oxygen atoms in total. The first kappa shape index (κ1) is 15.7. The van der Waals surface area contributed by atoms with Gasteiger partial charge >= 0.3 is 0 Å². The topological polar surface area (TPSA) is 105 Å². The Hall–Kier alpha value is -2.66. The summed E-state index contributed by atoms with van der Waals surface area (Å²) in [5.74, 6) is 1.28. The minimum Gasteiger partial charge on any atom is -0.354 e. The van der Waals surface area contributed by atoms with Gasteiger partial charge < -0.3 is 5.32 Å². The van der Waals surface area contributed by atoms with Crippen LogP contribution < -0.4 is 5.32 Å². The van der Waals surface area contributed by atoms with E-state index in [1.807, 2.05) is 6.07 Å². The molecule has 112 valence electrons. The number of nitro benzene ring substituents is 1. The van der Waals surface area contributed by atoms with Crippen LogP contribution in [0.3, 0.4) is 0 Å². The molecule has 0 spiro atoms. The number of nitrogens with one attached hydrogen (secondary N) is 1. The summed E-state index contributed by atoms with van der Waals surface area (Å²) in [6.07, 6.45) is 4.12.